The highest BCUT2D eigenvalue weighted by atomic mass is 16.7. The van der Waals surface area contributed by atoms with Crippen LogP contribution in [0.5, 0.6) is 0 Å². The second kappa shape index (κ2) is 26.8. The molecule has 0 aliphatic carbocycles. The van der Waals surface area contributed by atoms with Crippen LogP contribution >= 0.6 is 0 Å². The Balaban J connectivity index is 1.79. The minimum absolute atomic E-state index is 0.158. The van der Waals surface area contributed by atoms with Gasteiger partial charge in [-0.3, -0.25) is 0 Å². The molecular weight excluding hydrogens is 552 g/mol. The normalized spacial score (nSPS) is 24.7. The molecule has 8 atom stereocenters. The predicted molar refractivity (Wildman–Crippen MR) is 170 cm³/mol. The van der Waals surface area contributed by atoms with Gasteiger partial charge >= 0.3 is 0 Å². The average molecular weight is 621 g/mol. The Hall–Kier alpha value is -0.360. The van der Waals surface area contributed by atoms with Gasteiger partial charge in [0.05, 0.1) is 31.5 Å². The van der Waals surface area contributed by atoms with Gasteiger partial charge in [-0.15, -0.1) is 0 Å². The van der Waals surface area contributed by atoms with Crippen molar-refractivity contribution in [2.24, 2.45) is 0 Å². The maximum atomic E-state index is 10.2. The van der Waals surface area contributed by atoms with Gasteiger partial charge in [0, 0.05) is 0 Å². The first kappa shape index (κ1) is 40.7. The Kier molecular flexibility index (Phi) is 25.4. The summed E-state index contributed by atoms with van der Waals surface area (Å²) in [5.41, 5.74) is 0. The Morgan fingerprint density at radius 2 is 0.930 bits per heavy atom. The molecule has 1 heterocycles. The van der Waals surface area contributed by atoms with Crippen LogP contribution in [0, 0.1) is 0 Å². The van der Waals surface area contributed by atoms with Gasteiger partial charge < -0.3 is 45.2 Å². The Morgan fingerprint density at radius 3 is 1.33 bits per heavy atom. The summed E-state index contributed by atoms with van der Waals surface area (Å²) in [6.45, 7) is 1.40. The molecule has 0 amide bonds. The summed E-state index contributed by atoms with van der Waals surface area (Å²) in [6.07, 6.45) is 19.0. The topological polar surface area (TPSA) is 160 Å². The van der Waals surface area contributed by atoms with E-state index in [0.29, 0.717) is 19.3 Å². The molecule has 0 aromatic carbocycles. The monoisotopic (exact) mass is 620 g/mol. The molecule has 9 nitrogen and oxygen atoms in total. The van der Waals surface area contributed by atoms with Crippen LogP contribution in [0.1, 0.15) is 155 Å². The molecular formula is C34H68O9. The van der Waals surface area contributed by atoms with Crippen molar-refractivity contribution in [3.8, 4) is 0 Å². The molecule has 1 fully saturated rings. The summed E-state index contributed by atoms with van der Waals surface area (Å²) in [7, 11) is 0. The number of hydrogen-bond donors (Lipinski definition) is 7. The van der Waals surface area contributed by atoms with Gasteiger partial charge in [-0.05, 0) is 32.6 Å². The molecule has 0 aromatic rings. The van der Waals surface area contributed by atoms with Gasteiger partial charge in [0.25, 0.3) is 0 Å². The van der Waals surface area contributed by atoms with Crippen molar-refractivity contribution < 1.29 is 45.2 Å². The van der Waals surface area contributed by atoms with Crippen LogP contribution < -0.4 is 0 Å². The van der Waals surface area contributed by atoms with Gasteiger partial charge in [0.2, 0.25) is 0 Å². The lowest BCUT2D eigenvalue weighted by atomic mass is 9.99. The lowest BCUT2D eigenvalue weighted by Crippen LogP contribution is -2.59. The number of aliphatic hydroxyl groups excluding tert-OH is 7. The van der Waals surface area contributed by atoms with Crippen LogP contribution in [0.15, 0.2) is 0 Å². The fourth-order valence-electron chi connectivity index (χ4n) is 5.95. The third kappa shape index (κ3) is 21.1. The van der Waals surface area contributed by atoms with Crippen LogP contribution in [0.3, 0.4) is 0 Å². The lowest BCUT2D eigenvalue weighted by molar-refractivity contribution is -0.301. The summed E-state index contributed by atoms with van der Waals surface area (Å²) in [5.74, 6) is 0. The predicted octanol–water partition coefficient (Wildman–Crippen LogP) is 4.88. The first-order valence-corrected chi connectivity index (χ1v) is 17.7. The van der Waals surface area contributed by atoms with E-state index in [9.17, 15) is 35.7 Å². The quantitative estimate of drug-likeness (QED) is 0.0579. The second-order valence-electron chi connectivity index (χ2n) is 13.0. The molecule has 1 aliphatic rings. The second-order valence-corrected chi connectivity index (χ2v) is 13.0. The third-order valence-electron chi connectivity index (χ3n) is 8.77. The summed E-state index contributed by atoms with van der Waals surface area (Å²) in [5, 5.41) is 68.0. The zero-order chi connectivity index (χ0) is 31.7. The lowest BCUT2D eigenvalue weighted by Gasteiger charge is -2.39. The molecule has 1 rings (SSSR count). The van der Waals surface area contributed by atoms with Crippen LogP contribution in [0.25, 0.3) is 0 Å². The van der Waals surface area contributed by atoms with Crippen molar-refractivity contribution >= 4 is 0 Å². The zero-order valence-electron chi connectivity index (χ0n) is 27.2. The molecule has 0 bridgehead atoms. The van der Waals surface area contributed by atoms with Gasteiger partial charge in [-0.25, -0.2) is 0 Å². The smallest absolute Gasteiger partial charge is 0.186 e. The molecule has 0 aromatic heterocycles. The molecule has 258 valence electrons. The van der Waals surface area contributed by atoms with Crippen molar-refractivity contribution in [3.05, 3.63) is 0 Å². The van der Waals surface area contributed by atoms with Crippen molar-refractivity contribution in [3.63, 3.8) is 0 Å². The molecule has 9 heteroatoms. The number of hydrogen-bond acceptors (Lipinski definition) is 9. The van der Waals surface area contributed by atoms with Crippen LogP contribution in [0.2, 0.25) is 0 Å². The van der Waals surface area contributed by atoms with Gasteiger partial charge in [0.1, 0.15) is 24.4 Å². The first-order valence-electron chi connectivity index (χ1n) is 17.7. The van der Waals surface area contributed by atoms with Crippen molar-refractivity contribution in [1.29, 1.82) is 0 Å². The Labute approximate surface area is 262 Å². The number of rotatable bonds is 29. The van der Waals surface area contributed by atoms with E-state index in [-0.39, 0.29) is 12.7 Å². The minimum Gasteiger partial charge on any atom is -0.394 e. The van der Waals surface area contributed by atoms with Crippen LogP contribution in [-0.2, 0) is 9.47 Å². The van der Waals surface area contributed by atoms with Crippen LogP contribution in [0.4, 0.5) is 0 Å². The van der Waals surface area contributed by atoms with E-state index < -0.39 is 49.5 Å². The van der Waals surface area contributed by atoms with E-state index in [1.54, 1.807) is 6.92 Å². The molecule has 1 aliphatic heterocycles. The molecule has 0 spiro atoms. The highest BCUT2D eigenvalue weighted by Crippen LogP contribution is 2.22. The fraction of sp³-hybridized carbons (Fsp3) is 1.00. The third-order valence-corrected chi connectivity index (χ3v) is 8.77. The molecule has 0 radical (unpaired) electrons. The number of ether oxygens (including phenoxy) is 2. The number of unbranched alkanes of at least 4 members (excludes halogenated alkanes) is 18. The maximum absolute atomic E-state index is 10.2. The highest BCUT2D eigenvalue weighted by molar-refractivity contribution is 4.88. The molecule has 7 N–H and O–H groups in total. The molecule has 43 heavy (non-hydrogen) atoms. The van der Waals surface area contributed by atoms with Gasteiger partial charge in [-0.1, -0.05) is 122 Å². The standard InChI is InChI=1S/C34H68O9/c1-27(36)25-29(38)22-20-18-16-14-12-10-8-6-4-2-3-5-7-9-11-13-15-17-19-21-28(37)23-24-42-34-33(41)32(40)31(39)30(26-35)43-34/h27-41H,2-26H2,1H3/t27-,28-,29+,30?,31-,32?,33+,34+/m1/s1. The largest absolute Gasteiger partial charge is 0.394 e. The number of aliphatic hydroxyl groups is 7. The van der Waals surface area contributed by atoms with E-state index in [1.807, 2.05) is 0 Å². The minimum atomic E-state index is -1.45. The Bertz CT molecular complexity index is 606. The van der Waals surface area contributed by atoms with E-state index in [0.717, 1.165) is 25.7 Å². The maximum Gasteiger partial charge on any atom is 0.186 e. The summed E-state index contributed by atoms with van der Waals surface area (Å²) >= 11 is 0. The Morgan fingerprint density at radius 1 is 0.535 bits per heavy atom. The molecule has 2 unspecified atom stereocenters. The summed E-state index contributed by atoms with van der Waals surface area (Å²) in [4.78, 5) is 0. The van der Waals surface area contributed by atoms with Gasteiger partial charge in [-0.2, -0.15) is 0 Å². The van der Waals surface area contributed by atoms with E-state index in [2.05, 4.69) is 0 Å². The van der Waals surface area contributed by atoms with Gasteiger partial charge in [0.15, 0.2) is 6.29 Å². The fourth-order valence-corrected chi connectivity index (χ4v) is 5.95. The first-order chi connectivity index (χ1) is 20.8. The van der Waals surface area contributed by atoms with Crippen molar-refractivity contribution in [2.45, 2.75) is 204 Å². The van der Waals surface area contributed by atoms with E-state index in [1.165, 1.54) is 103 Å². The molecule has 0 saturated carbocycles. The zero-order valence-corrected chi connectivity index (χ0v) is 27.2. The van der Waals surface area contributed by atoms with E-state index >= 15 is 0 Å². The highest BCUT2D eigenvalue weighted by Gasteiger charge is 2.43. The SMILES string of the molecule is C[C@@H](O)C[C@@H](O)CCCCCCCCCCCCCCCCCCCCC[C@@H](O)CCO[C@H]1OC(CO)[C@@H](O)C(O)[C@@H]1O. The van der Waals surface area contributed by atoms with Crippen molar-refractivity contribution in [2.75, 3.05) is 13.2 Å². The summed E-state index contributed by atoms with van der Waals surface area (Å²) in [6, 6.07) is 0. The van der Waals surface area contributed by atoms with Crippen LogP contribution in [-0.4, -0.2) is 98.0 Å². The molecule has 1 saturated heterocycles. The van der Waals surface area contributed by atoms with E-state index in [4.69, 9.17) is 9.47 Å². The average Bonchev–Trinajstić information content (AvgIpc) is 2.97. The summed E-state index contributed by atoms with van der Waals surface area (Å²) < 4.78 is 10.8. The van der Waals surface area contributed by atoms with Crippen molar-refractivity contribution in [1.82, 2.24) is 0 Å².